The van der Waals surface area contributed by atoms with Crippen molar-refractivity contribution < 1.29 is 0 Å². The van der Waals surface area contributed by atoms with Crippen molar-refractivity contribution in [3.63, 3.8) is 0 Å². The van der Waals surface area contributed by atoms with Crippen molar-refractivity contribution in [1.29, 1.82) is 0 Å². The minimum absolute atomic E-state index is 0.212. The minimum Gasteiger partial charge on any atom is -0.329 e. The Morgan fingerprint density at radius 3 is 2.22 bits per heavy atom. The van der Waals surface area contributed by atoms with E-state index in [0.29, 0.717) is 0 Å². The van der Waals surface area contributed by atoms with E-state index in [1.54, 1.807) is 0 Å². The van der Waals surface area contributed by atoms with Crippen molar-refractivity contribution in [3.05, 3.63) is 0 Å². The van der Waals surface area contributed by atoms with Crippen LogP contribution in [0, 0.1) is 0 Å². The van der Waals surface area contributed by atoms with Gasteiger partial charge in [-0.25, -0.2) is 0 Å². The van der Waals surface area contributed by atoms with Crippen LogP contribution in [0.5, 0.6) is 0 Å². The fourth-order valence-corrected chi connectivity index (χ4v) is 3.26. The molecular weight excluding hydrogens is 220 g/mol. The molecule has 0 aromatic carbocycles. The summed E-state index contributed by atoms with van der Waals surface area (Å²) in [4.78, 5) is 2.62. The third kappa shape index (κ3) is 4.55. The lowest BCUT2D eigenvalue weighted by atomic mass is 9.90. The lowest BCUT2D eigenvalue weighted by Gasteiger charge is -2.43. The highest BCUT2D eigenvalue weighted by Crippen LogP contribution is 2.29. The van der Waals surface area contributed by atoms with Gasteiger partial charge in [0.05, 0.1) is 0 Å². The van der Waals surface area contributed by atoms with Gasteiger partial charge in [-0.05, 0) is 33.2 Å². The molecule has 1 saturated carbocycles. The first-order chi connectivity index (χ1) is 8.64. The summed E-state index contributed by atoms with van der Waals surface area (Å²) < 4.78 is 0. The first-order valence-corrected chi connectivity index (χ1v) is 8.07. The smallest absolute Gasteiger partial charge is 0.0303 e. The van der Waals surface area contributed by atoms with Crippen molar-refractivity contribution >= 4 is 0 Å². The van der Waals surface area contributed by atoms with Gasteiger partial charge in [0.25, 0.3) is 0 Å². The Labute approximate surface area is 114 Å². The van der Waals surface area contributed by atoms with Crippen LogP contribution in [0.15, 0.2) is 0 Å². The van der Waals surface area contributed by atoms with E-state index in [4.69, 9.17) is 5.73 Å². The van der Waals surface area contributed by atoms with E-state index in [9.17, 15) is 0 Å². The predicted molar refractivity (Wildman–Crippen MR) is 80.9 cm³/mol. The molecule has 2 heteroatoms. The van der Waals surface area contributed by atoms with Gasteiger partial charge in [-0.2, -0.15) is 0 Å². The van der Waals surface area contributed by atoms with E-state index in [0.717, 1.165) is 12.6 Å². The molecule has 1 aliphatic carbocycles. The molecule has 18 heavy (non-hydrogen) atoms. The van der Waals surface area contributed by atoms with Gasteiger partial charge in [0.1, 0.15) is 0 Å². The van der Waals surface area contributed by atoms with Gasteiger partial charge in [-0.3, -0.25) is 4.90 Å². The molecule has 1 aliphatic rings. The molecule has 1 rings (SSSR count). The van der Waals surface area contributed by atoms with Crippen LogP contribution >= 0.6 is 0 Å². The lowest BCUT2D eigenvalue weighted by Crippen LogP contribution is -2.53. The number of hydrogen-bond donors (Lipinski definition) is 1. The number of hydrogen-bond acceptors (Lipinski definition) is 2. The number of likely N-dealkylation sites (N-methyl/N-ethyl adjacent to an activating group) is 1. The lowest BCUT2D eigenvalue weighted by molar-refractivity contribution is 0.0732. The monoisotopic (exact) mass is 254 g/mol. The molecule has 2 nitrogen and oxygen atoms in total. The molecule has 0 aromatic rings. The van der Waals surface area contributed by atoms with Gasteiger partial charge in [0.15, 0.2) is 0 Å². The Morgan fingerprint density at radius 1 is 1.11 bits per heavy atom. The van der Waals surface area contributed by atoms with Gasteiger partial charge in [0, 0.05) is 18.1 Å². The van der Waals surface area contributed by atoms with E-state index in [-0.39, 0.29) is 5.54 Å². The zero-order valence-corrected chi connectivity index (χ0v) is 12.9. The van der Waals surface area contributed by atoms with Crippen molar-refractivity contribution in [2.45, 2.75) is 89.6 Å². The second-order valence-corrected chi connectivity index (χ2v) is 6.41. The predicted octanol–water partition coefficient (Wildman–Crippen LogP) is 3.94. The summed E-state index contributed by atoms with van der Waals surface area (Å²) in [7, 11) is 2.31. The summed E-state index contributed by atoms with van der Waals surface area (Å²) in [6, 6.07) is 0.766. The third-order valence-corrected chi connectivity index (χ3v) is 4.98. The summed E-state index contributed by atoms with van der Waals surface area (Å²) >= 11 is 0. The third-order valence-electron chi connectivity index (χ3n) is 4.98. The van der Waals surface area contributed by atoms with E-state index in [1.165, 1.54) is 64.2 Å². The van der Waals surface area contributed by atoms with E-state index >= 15 is 0 Å². The van der Waals surface area contributed by atoms with E-state index in [2.05, 4.69) is 25.8 Å². The fraction of sp³-hybridized carbons (Fsp3) is 1.00. The number of unbranched alkanes of at least 4 members (excludes halogenated alkanes) is 2. The fourth-order valence-electron chi connectivity index (χ4n) is 3.26. The van der Waals surface area contributed by atoms with E-state index in [1.807, 2.05) is 0 Å². The van der Waals surface area contributed by atoms with Crippen LogP contribution in [0.4, 0.5) is 0 Å². The Balaban J connectivity index is 2.54. The second kappa shape index (κ2) is 8.16. The Morgan fingerprint density at radius 2 is 1.72 bits per heavy atom. The molecule has 1 unspecified atom stereocenters. The molecule has 108 valence electrons. The number of rotatable bonds is 7. The molecule has 0 saturated heterocycles. The van der Waals surface area contributed by atoms with E-state index < -0.39 is 0 Å². The first kappa shape index (κ1) is 16.0. The Kier molecular flexibility index (Phi) is 7.25. The van der Waals surface area contributed by atoms with Crippen molar-refractivity contribution in [3.8, 4) is 0 Å². The molecule has 0 aliphatic heterocycles. The minimum atomic E-state index is 0.212. The SMILES string of the molecule is CCCCCC(C)(CN)N(C)C1CCCCCC1. The molecule has 1 atom stereocenters. The van der Waals surface area contributed by atoms with Crippen LogP contribution in [0.2, 0.25) is 0 Å². The maximum absolute atomic E-state index is 6.09. The van der Waals surface area contributed by atoms with Gasteiger partial charge in [-0.15, -0.1) is 0 Å². The van der Waals surface area contributed by atoms with Crippen LogP contribution in [0.1, 0.15) is 78.1 Å². The van der Waals surface area contributed by atoms with Crippen LogP contribution in [-0.2, 0) is 0 Å². The van der Waals surface area contributed by atoms with Crippen molar-refractivity contribution in [2.24, 2.45) is 5.73 Å². The summed E-state index contributed by atoms with van der Waals surface area (Å²) in [6.07, 6.45) is 13.6. The number of nitrogens with two attached hydrogens (primary N) is 1. The second-order valence-electron chi connectivity index (χ2n) is 6.41. The van der Waals surface area contributed by atoms with Gasteiger partial charge < -0.3 is 5.73 Å². The molecule has 0 aromatic heterocycles. The normalized spacial score (nSPS) is 21.8. The standard InChI is InChI=1S/C16H34N2/c1-4-5-10-13-16(2,14-17)18(3)15-11-8-6-7-9-12-15/h15H,4-14,17H2,1-3H3. The zero-order valence-electron chi connectivity index (χ0n) is 12.9. The maximum atomic E-state index is 6.09. The Hall–Kier alpha value is -0.0800. The molecule has 2 N–H and O–H groups in total. The molecule has 0 amide bonds. The molecule has 1 fully saturated rings. The Bertz CT molecular complexity index is 209. The largest absolute Gasteiger partial charge is 0.329 e. The highest BCUT2D eigenvalue weighted by molar-refractivity contribution is 4.89. The van der Waals surface area contributed by atoms with Crippen LogP contribution in [0.3, 0.4) is 0 Å². The summed E-state index contributed by atoms with van der Waals surface area (Å²) in [5.41, 5.74) is 6.31. The number of nitrogens with zero attached hydrogens (tertiary/aromatic N) is 1. The molecule has 0 radical (unpaired) electrons. The maximum Gasteiger partial charge on any atom is 0.0303 e. The highest BCUT2D eigenvalue weighted by Gasteiger charge is 2.32. The summed E-state index contributed by atoms with van der Waals surface area (Å²) in [5.74, 6) is 0. The van der Waals surface area contributed by atoms with Gasteiger partial charge in [-0.1, -0.05) is 51.9 Å². The van der Waals surface area contributed by atoms with Crippen molar-refractivity contribution in [1.82, 2.24) is 4.90 Å². The molecular formula is C16H34N2. The molecule has 0 bridgehead atoms. The van der Waals surface area contributed by atoms with Gasteiger partial charge in [0.2, 0.25) is 0 Å². The average molecular weight is 254 g/mol. The average Bonchev–Trinajstić information content (AvgIpc) is 2.66. The first-order valence-electron chi connectivity index (χ1n) is 8.07. The molecule has 0 heterocycles. The van der Waals surface area contributed by atoms with Gasteiger partial charge >= 0.3 is 0 Å². The summed E-state index contributed by atoms with van der Waals surface area (Å²) in [5, 5.41) is 0. The van der Waals surface area contributed by atoms with Crippen LogP contribution < -0.4 is 5.73 Å². The van der Waals surface area contributed by atoms with Crippen molar-refractivity contribution in [2.75, 3.05) is 13.6 Å². The molecule has 0 spiro atoms. The zero-order chi connectivity index (χ0) is 13.4. The van der Waals surface area contributed by atoms with Crippen LogP contribution in [-0.4, -0.2) is 30.1 Å². The summed E-state index contributed by atoms with van der Waals surface area (Å²) in [6.45, 7) is 5.44. The topological polar surface area (TPSA) is 29.3 Å². The highest BCUT2D eigenvalue weighted by atomic mass is 15.2. The quantitative estimate of drug-likeness (QED) is 0.551. The van der Waals surface area contributed by atoms with Crippen LogP contribution in [0.25, 0.3) is 0 Å².